The van der Waals surface area contributed by atoms with Gasteiger partial charge in [0, 0.05) is 17.9 Å². The number of nitrogens with one attached hydrogen (secondary N) is 2. The van der Waals surface area contributed by atoms with Crippen molar-refractivity contribution in [2.24, 2.45) is 0 Å². The van der Waals surface area contributed by atoms with Gasteiger partial charge in [-0.2, -0.15) is 0 Å². The molecule has 2 atom stereocenters. The highest BCUT2D eigenvalue weighted by atomic mass is 32.2. The number of amides is 2. The van der Waals surface area contributed by atoms with Crippen molar-refractivity contribution in [2.45, 2.75) is 38.0 Å². The summed E-state index contributed by atoms with van der Waals surface area (Å²) in [4.78, 5) is 35.8. The standard InChI is InChI=1S/C17H22N2O4S/c1-3-11-5-7-12(8-6-11)18-15(20)9-14-16(21)19-13(10-24-14)17(22)23-4-2/h5-8,13-14H,3-4,9-10H2,1-2H3,(H,18,20)(H,19,21)/t13-,14-/m0/s1. The van der Waals surface area contributed by atoms with Crippen LogP contribution in [-0.2, 0) is 25.5 Å². The average Bonchev–Trinajstić information content (AvgIpc) is 2.57. The monoisotopic (exact) mass is 350 g/mol. The van der Waals surface area contributed by atoms with Crippen molar-refractivity contribution < 1.29 is 19.1 Å². The maximum Gasteiger partial charge on any atom is 0.329 e. The largest absolute Gasteiger partial charge is 0.464 e. The maximum atomic E-state index is 12.1. The second-order valence-corrected chi connectivity index (χ2v) is 6.67. The number of hydrogen-bond acceptors (Lipinski definition) is 5. The molecule has 1 aromatic rings. The van der Waals surface area contributed by atoms with Crippen LogP contribution < -0.4 is 10.6 Å². The van der Waals surface area contributed by atoms with Gasteiger partial charge in [-0.05, 0) is 31.0 Å². The molecule has 1 aromatic carbocycles. The summed E-state index contributed by atoms with van der Waals surface area (Å²) in [5.41, 5.74) is 1.91. The molecule has 1 saturated heterocycles. The second kappa shape index (κ2) is 8.73. The first-order valence-corrected chi connectivity index (χ1v) is 9.05. The van der Waals surface area contributed by atoms with Crippen LogP contribution in [-0.4, -0.2) is 41.4 Å². The third kappa shape index (κ3) is 4.99. The lowest BCUT2D eigenvalue weighted by Crippen LogP contribution is -2.51. The summed E-state index contributed by atoms with van der Waals surface area (Å²) in [6.45, 7) is 4.06. The molecule has 1 aliphatic heterocycles. The minimum atomic E-state index is -0.636. The fourth-order valence-corrected chi connectivity index (χ4v) is 3.45. The van der Waals surface area contributed by atoms with Crippen LogP contribution >= 0.6 is 11.8 Å². The molecule has 2 amide bonds. The number of thioether (sulfide) groups is 1. The number of esters is 1. The van der Waals surface area contributed by atoms with Crippen LogP contribution in [0, 0.1) is 0 Å². The molecule has 1 heterocycles. The van der Waals surface area contributed by atoms with Crippen molar-refractivity contribution in [3.8, 4) is 0 Å². The third-order valence-corrected chi connectivity index (χ3v) is 4.97. The molecule has 1 fully saturated rings. The van der Waals surface area contributed by atoms with Crippen molar-refractivity contribution in [1.29, 1.82) is 0 Å². The molecule has 0 bridgehead atoms. The van der Waals surface area contributed by atoms with Gasteiger partial charge in [-0.1, -0.05) is 19.1 Å². The van der Waals surface area contributed by atoms with Crippen LogP contribution in [0.25, 0.3) is 0 Å². The van der Waals surface area contributed by atoms with Crippen LogP contribution in [0.3, 0.4) is 0 Å². The molecule has 7 heteroatoms. The zero-order valence-corrected chi connectivity index (χ0v) is 14.7. The van der Waals surface area contributed by atoms with Crippen molar-refractivity contribution >= 4 is 35.2 Å². The number of carbonyl (C=O) groups is 3. The number of benzene rings is 1. The van der Waals surface area contributed by atoms with Crippen molar-refractivity contribution in [3.05, 3.63) is 29.8 Å². The van der Waals surface area contributed by atoms with Gasteiger partial charge in [0.1, 0.15) is 6.04 Å². The van der Waals surface area contributed by atoms with Gasteiger partial charge in [0.15, 0.2) is 0 Å². The van der Waals surface area contributed by atoms with E-state index in [1.165, 1.54) is 17.3 Å². The third-order valence-electron chi connectivity index (χ3n) is 3.66. The first-order valence-electron chi connectivity index (χ1n) is 8.00. The van der Waals surface area contributed by atoms with Crippen LogP contribution in [0.2, 0.25) is 0 Å². The maximum absolute atomic E-state index is 12.1. The summed E-state index contributed by atoms with van der Waals surface area (Å²) in [6.07, 6.45) is 1.01. The Balaban J connectivity index is 1.84. The van der Waals surface area contributed by atoms with E-state index in [4.69, 9.17) is 4.74 Å². The number of anilines is 1. The van der Waals surface area contributed by atoms with Gasteiger partial charge in [0.2, 0.25) is 11.8 Å². The van der Waals surface area contributed by atoms with Crippen molar-refractivity contribution in [2.75, 3.05) is 17.7 Å². The predicted octanol–water partition coefficient (Wildman–Crippen LogP) is 1.74. The molecule has 0 aliphatic carbocycles. The van der Waals surface area contributed by atoms with Crippen LogP contribution in [0.5, 0.6) is 0 Å². The molecule has 2 N–H and O–H groups in total. The minimum absolute atomic E-state index is 0.0710. The van der Waals surface area contributed by atoms with Gasteiger partial charge >= 0.3 is 5.97 Å². The molecule has 2 rings (SSSR count). The number of rotatable bonds is 6. The predicted molar refractivity (Wildman–Crippen MR) is 93.9 cm³/mol. The molecule has 24 heavy (non-hydrogen) atoms. The molecule has 0 saturated carbocycles. The molecule has 6 nitrogen and oxygen atoms in total. The molecular weight excluding hydrogens is 328 g/mol. The van der Waals surface area contributed by atoms with E-state index < -0.39 is 17.3 Å². The molecule has 0 unspecified atom stereocenters. The zero-order valence-electron chi connectivity index (χ0n) is 13.8. The zero-order chi connectivity index (χ0) is 17.5. The molecule has 0 radical (unpaired) electrons. The van der Waals surface area contributed by atoms with E-state index in [0.29, 0.717) is 11.4 Å². The number of carbonyl (C=O) groups excluding carboxylic acids is 3. The summed E-state index contributed by atoms with van der Waals surface area (Å²) in [7, 11) is 0. The first kappa shape index (κ1) is 18.3. The molecule has 0 aromatic heterocycles. The number of ether oxygens (including phenoxy) is 1. The van der Waals surface area contributed by atoms with E-state index in [1.54, 1.807) is 6.92 Å². The van der Waals surface area contributed by atoms with E-state index in [0.717, 1.165) is 6.42 Å². The highest BCUT2D eigenvalue weighted by Crippen LogP contribution is 2.22. The topological polar surface area (TPSA) is 84.5 Å². The number of hydrogen-bond donors (Lipinski definition) is 2. The van der Waals surface area contributed by atoms with E-state index in [1.807, 2.05) is 24.3 Å². The Hall–Kier alpha value is -2.02. The number of aryl methyl sites for hydroxylation is 1. The van der Waals surface area contributed by atoms with Crippen molar-refractivity contribution in [1.82, 2.24) is 5.32 Å². The smallest absolute Gasteiger partial charge is 0.329 e. The van der Waals surface area contributed by atoms with E-state index >= 15 is 0 Å². The highest BCUT2D eigenvalue weighted by Gasteiger charge is 2.34. The normalized spacial score (nSPS) is 20.2. The summed E-state index contributed by atoms with van der Waals surface area (Å²) in [5.74, 6) is -0.548. The fraction of sp³-hybridized carbons (Fsp3) is 0.471. The van der Waals surface area contributed by atoms with Gasteiger partial charge in [0.25, 0.3) is 0 Å². The summed E-state index contributed by atoms with van der Waals surface area (Å²) >= 11 is 1.30. The Kier molecular flexibility index (Phi) is 6.66. The lowest BCUT2D eigenvalue weighted by molar-refractivity contribution is -0.146. The Labute approximate surface area is 145 Å². The van der Waals surface area contributed by atoms with Gasteiger partial charge in [0.05, 0.1) is 11.9 Å². The highest BCUT2D eigenvalue weighted by molar-refractivity contribution is 8.00. The quantitative estimate of drug-likeness (QED) is 0.764. The summed E-state index contributed by atoms with van der Waals surface area (Å²) in [6, 6.07) is 6.98. The van der Waals surface area contributed by atoms with Crippen molar-refractivity contribution in [3.63, 3.8) is 0 Å². The average molecular weight is 350 g/mol. The van der Waals surface area contributed by atoms with Crippen LogP contribution in [0.15, 0.2) is 24.3 Å². The Morgan fingerprint density at radius 2 is 2.00 bits per heavy atom. The molecule has 0 spiro atoms. The van der Waals surface area contributed by atoms with Gasteiger partial charge < -0.3 is 15.4 Å². The lowest BCUT2D eigenvalue weighted by Gasteiger charge is -2.27. The Bertz CT molecular complexity index is 603. The summed E-state index contributed by atoms with van der Waals surface area (Å²) in [5, 5.41) is 4.92. The van der Waals surface area contributed by atoms with Gasteiger partial charge in [-0.3, -0.25) is 9.59 Å². The van der Waals surface area contributed by atoms with E-state index in [2.05, 4.69) is 17.6 Å². The molecule has 1 aliphatic rings. The minimum Gasteiger partial charge on any atom is -0.464 e. The van der Waals surface area contributed by atoms with Gasteiger partial charge in [-0.25, -0.2) is 4.79 Å². The first-order chi connectivity index (χ1) is 11.5. The Morgan fingerprint density at radius 1 is 1.29 bits per heavy atom. The van der Waals surface area contributed by atoms with Crippen LogP contribution in [0.4, 0.5) is 5.69 Å². The van der Waals surface area contributed by atoms with E-state index in [-0.39, 0.29) is 24.8 Å². The summed E-state index contributed by atoms with van der Waals surface area (Å²) < 4.78 is 4.90. The second-order valence-electron chi connectivity index (χ2n) is 5.44. The molecular formula is C17H22N2O4S. The fourth-order valence-electron chi connectivity index (χ4n) is 2.32. The Morgan fingerprint density at radius 3 is 2.58 bits per heavy atom. The molecule has 130 valence electrons. The van der Waals surface area contributed by atoms with Gasteiger partial charge in [-0.15, -0.1) is 11.8 Å². The lowest BCUT2D eigenvalue weighted by atomic mass is 10.1. The van der Waals surface area contributed by atoms with E-state index in [9.17, 15) is 14.4 Å². The SMILES string of the molecule is CCOC(=O)[C@@H]1CS[C@@H](CC(=O)Nc2ccc(CC)cc2)C(=O)N1. The van der Waals surface area contributed by atoms with Crippen LogP contribution in [0.1, 0.15) is 25.8 Å².